The van der Waals surface area contributed by atoms with Crippen molar-refractivity contribution in [2.75, 3.05) is 0 Å². The Hall–Kier alpha value is -0.460. The van der Waals surface area contributed by atoms with Crippen molar-refractivity contribution >= 4 is 43.5 Å². The van der Waals surface area contributed by atoms with Crippen molar-refractivity contribution in [2.45, 2.75) is 6.04 Å². The Balaban J connectivity index is 2.55. The number of hydrogen-bond acceptors (Lipinski definition) is 2. The first-order chi connectivity index (χ1) is 9.02. The third kappa shape index (κ3) is 3.35. The molecule has 0 radical (unpaired) electrons. The van der Waals surface area contributed by atoms with E-state index in [1.165, 1.54) is 6.07 Å². The molecule has 6 heteroatoms. The van der Waals surface area contributed by atoms with Gasteiger partial charge in [-0.25, -0.2) is 9.82 Å². The van der Waals surface area contributed by atoms with E-state index in [1.54, 1.807) is 30.3 Å². The van der Waals surface area contributed by atoms with Gasteiger partial charge in [0, 0.05) is 19.5 Å². The summed E-state index contributed by atoms with van der Waals surface area (Å²) in [6, 6.07) is 9.52. The molecule has 0 fully saturated rings. The first kappa shape index (κ1) is 14.9. The second-order valence-corrected chi connectivity index (χ2v) is 6.14. The molecule has 0 heterocycles. The first-order valence-corrected chi connectivity index (χ1v) is 7.35. The summed E-state index contributed by atoms with van der Waals surface area (Å²) < 4.78 is 15.5. The van der Waals surface area contributed by atoms with E-state index in [0.29, 0.717) is 10.6 Å². The summed E-state index contributed by atoms with van der Waals surface area (Å²) in [5, 5.41) is 0.564. The summed E-state index contributed by atoms with van der Waals surface area (Å²) in [5.74, 6) is 5.24. The maximum absolute atomic E-state index is 14.0. The Morgan fingerprint density at radius 1 is 1.11 bits per heavy atom. The number of nitrogens with two attached hydrogens (primary N) is 1. The average Bonchev–Trinajstić information content (AvgIpc) is 2.38. The maximum Gasteiger partial charge on any atom is 0.128 e. The van der Waals surface area contributed by atoms with Gasteiger partial charge in [0.05, 0.1) is 6.04 Å². The highest BCUT2D eigenvalue weighted by Gasteiger charge is 2.19. The Kier molecular flexibility index (Phi) is 4.97. The van der Waals surface area contributed by atoms with Crippen LogP contribution in [-0.4, -0.2) is 0 Å². The van der Waals surface area contributed by atoms with Crippen molar-refractivity contribution in [1.29, 1.82) is 0 Å². The second kappa shape index (κ2) is 6.33. The minimum atomic E-state index is -0.495. The first-order valence-electron chi connectivity index (χ1n) is 5.39. The van der Waals surface area contributed by atoms with Crippen LogP contribution in [0.3, 0.4) is 0 Å². The minimum absolute atomic E-state index is 0.335. The minimum Gasteiger partial charge on any atom is -0.271 e. The van der Waals surface area contributed by atoms with Crippen LogP contribution in [0.15, 0.2) is 45.3 Å². The highest BCUT2D eigenvalue weighted by Crippen LogP contribution is 2.32. The van der Waals surface area contributed by atoms with Crippen LogP contribution in [0.4, 0.5) is 4.39 Å². The van der Waals surface area contributed by atoms with Gasteiger partial charge in [0.25, 0.3) is 0 Å². The monoisotopic (exact) mass is 406 g/mol. The molecule has 2 rings (SSSR count). The Bertz CT molecular complexity index is 556. The predicted molar refractivity (Wildman–Crippen MR) is 82.4 cm³/mol. The molecule has 0 amide bonds. The van der Waals surface area contributed by atoms with Gasteiger partial charge in [-0.05, 0) is 42.0 Å². The summed E-state index contributed by atoms with van der Waals surface area (Å²) in [5.41, 5.74) is 3.84. The van der Waals surface area contributed by atoms with Crippen molar-refractivity contribution in [1.82, 2.24) is 5.43 Å². The smallest absolute Gasteiger partial charge is 0.128 e. The maximum atomic E-state index is 14.0. The highest BCUT2D eigenvalue weighted by molar-refractivity contribution is 9.10. The van der Waals surface area contributed by atoms with E-state index >= 15 is 0 Å². The van der Waals surface area contributed by atoms with Crippen LogP contribution in [0, 0.1) is 5.82 Å². The fourth-order valence-corrected chi connectivity index (χ4v) is 2.85. The quantitative estimate of drug-likeness (QED) is 0.577. The molecule has 0 spiro atoms. The van der Waals surface area contributed by atoms with Crippen LogP contribution in [0.5, 0.6) is 0 Å². The van der Waals surface area contributed by atoms with Crippen LogP contribution in [-0.2, 0) is 0 Å². The van der Waals surface area contributed by atoms with E-state index < -0.39 is 6.04 Å². The van der Waals surface area contributed by atoms with Gasteiger partial charge < -0.3 is 0 Å². The molecule has 1 unspecified atom stereocenters. The normalized spacial score (nSPS) is 12.5. The van der Waals surface area contributed by atoms with Gasteiger partial charge in [-0.3, -0.25) is 5.84 Å². The lowest BCUT2D eigenvalue weighted by atomic mass is 9.99. The lowest BCUT2D eigenvalue weighted by molar-refractivity contribution is 0.559. The number of hydrogen-bond donors (Lipinski definition) is 2. The number of rotatable bonds is 3. The van der Waals surface area contributed by atoms with Gasteiger partial charge in [-0.2, -0.15) is 0 Å². The molecule has 0 bridgehead atoms. The van der Waals surface area contributed by atoms with Crippen molar-refractivity contribution < 1.29 is 4.39 Å². The topological polar surface area (TPSA) is 38.0 Å². The fourth-order valence-electron chi connectivity index (χ4n) is 1.82. The molecule has 2 aromatic rings. The Morgan fingerprint density at radius 3 is 2.53 bits per heavy atom. The van der Waals surface area contributed by atoms with Gasteiger partial charge in [-0.15, -0.1) is 0 Å². The van der Waals surface area contributed by atoms with Gasteiger partial charge >= 0.3 is 0 Å². The van der Waals surface area contributed by atoms with Crippen LogP contribution >= 0.6 is 43.5 Å². The van der Waals surface area contributed by atoms with Crippen molar-refractivity contribution in [3.05, 3.63) is 67.3 Å². The van der Waals surface area contributed by atoms with E-state index in [0.717, 1.165) is 14.5 Å². The van der Waals surface area contributed by atoms with Gasteiger partial charge in [0.1, 0.15) is 5.82 Å². The zero-order chi connectivity index (χ0) is 14.0. The zero-order valence-corrected chi connectivity index (χ0v) is 13.6. The van der Waals surface area contributed by atoms with Gasteiger partial charge in [0.2, 0.25) is 0 Å². The van der Waals surface area contributed by atoms with Crippen LogP contribution in [0.1, 0.15) is 17.2 Å². The van der Waals surface area contributed by atoms with Crippen molar-refractivity contribution in [3.63, 3.8) is 0 Å². The van der Waals surface area contributed by atoms with Crippen LogP contribution in [0.2, 0.25) is 5.02 Å². The molecule has 0 saturated heterocycles. The molecule has 0 aromatic heterocycles. The molecule has 0 aliphatic rings. The molecule has 3 N–H and O–H groups in total. The zero-order valence-electron chi connectivity index (χ0n) is 9.63. The molecular weight excluding hydrogens is 398 g/mol. The third-order valence-electron chi connectivity index (χ3n) is 2.70. The summed E-state index contributed by atoms with van der Waals surface area (Å²) in [7, 11) is 0. The van der Waals surface area contributed by atoms with Crippen molar-refractivity contribution in [3.8, 4) is 0 Å². The standard InChI is InChI=1S/C13H10Br2ClFN2/c14-7-1-4-12(17)10(5-7)13(19-18)9-6-8(16)2-3-11(9)15/h1-6,13,19H,18H2. The molecule has 0 aliphatic heterocycles. The van der Waals surface area contributed by atoms with E-state index in [9.17, 15) is 4.39 Å². The summed E-state index contributed by atoms with van der Waals surface area (Å²) in [4.78, 5) is 0. The van der Waals surface area contributed by atoms with E-state index in [2.05, 4.69) is 37.3 Å². The second-order valence-electron chi connectivity index (χ2n) is 3.93. The largest absolute Gasteiger partial charge is 0.271 e. The molecule has 100 valence electrons. The average molecular weight is 408 g/mol. The van der Waals surface area contributed by atoms with Crippen LogP contribution in [0.25, 0.3) is 0 Å². The Labute approximate surface area is 132 Å². The SMILES string of the molecule is NNC(c1cc(Br)ccc1F)c1cc(Cl)ccc1Br. The third-order valence-corrected chi connectivity index (χ3v) is 4.16. The molecule has 2 nitrogen and oxygen atoms in total. The lowest BCUT2D eigenvalue weighted by Gasteiger charge is -2.19. The van der Waals surface area contributed by atoms with Crippen LogP contribution < -0.4 is 11.3 Å². The number of benzene rings is 2. The van der Waals surface area contributed by atoms with E-state index in [4.69, 9.17) is 17.4 Å². The molecule has 1 atom stereocenters. The lowest BCUT2D eigenvalue weighted by Crippen LogP contribution is -2.29. The molecule has 2 aromatic carbocycles. The number of halogens is 4. The van der Waals surface area contributed by atoms with Gasteiger partial charge in [0.15, 0.2) is 0 Å². The Morgan fingerprint density at radius 2 is 1.84 bits per heavy atom. The van der Waals surface area contributed by atoms with E-state index in [-0.39, 0.29) is 5.82 Å². The highest BCUT2D eigenvalue weighted by atomic mass is 79.9. The molecular formula is C13H10Br2ClFN2. The molecule has 0 aliphatic carbocycles. The van der Waals surface area contributed by atoms with E-state index in [1.807, 2.05) is 0 Å². The number of nitrogens with one attached hydrogen (secondary N) is 1. The summed E-state index contributed by atoms with van der Waals surface area (Å²) in [6.07, 6.45) is 0. The van der Waals surface area contributed by atoms with Crippen molar-refractivity contribution in [2.24, 2.45) is 5.84 Å². The summed E-state index contributed by atoms with van der Waals surface area (Å²) in [6.45, 7) is 0. The predicted octanol–water partition coefficient (Wildman–Crippen LogP) is 4.56. The molecule has 0 saturated carbocycles. The van der Waals surface area contributed by atoms with Gasteiger partial charge in [-0.1, -0.05) is 43.5 Å². The summed E-state index contributed by atoms with van der Waals surface area (Å²) >= 11 is 12.7. The molecule has 19 heavy (non-hydrogen) atoms. The fraction of sp³-hybridized carbons (Fsp3) is 0.0769. The number of hydrazine groups is 1.